The molecule has 0 atom stereocenters. The summed E-state index contributed by atoms with van der Waals surface area (Å²) in [5, 5.41) is 0. The van der Waals surface area contributed by atoms with Crippen molar-refractivity contribution in [1.29, 1.82) is 0 Å². The largest absolute Gasteiger partial charge is 0.469 e. The first-order valence-electron chi connectivity index (χ1n) is 10.8. The molecule has 1 aromatic rings. The number of benzene rings is 1. The summed E-state index contributed by atoms with van der Waals surface area (Å²) in [4.78, 5) is 22.9. The van der Waals surface area contributed by atoms with E-state index in [1.165, 1.54) is 7.11 Å². The van der Waals surface area contributed by atoms with Crippen LogP contribution in [0.1, 0.15) is 84.6 Å². The standard InChI is InChI=1S/C15H22O2.C9H18O2/c1-3-8-14(9-4-2)15(16)17-12-13-10-6-5-7-11-13;1-4-6-8(7-5-2)9(10)11-3/h5-7,10-11,14H,3-4,8-9,12H2,1-2H3;8H,4-7H2,1-3H3. The molecule has 0 saturated carbocycles. The Kier molecular flexibility index (Phi) is 16.1. The van der Waals surface area contributed by atoms with Gasteiger partial charge in [-0.3, -0.25) is 9.59 Å². The van der Waals surface area contributed by atoms with Gasteiger partial charge in [0, 0.05) is 0 Å². The molecule has 0 bridgehead atoms. The molecule has 0 aliphatic carbocycles. The Balaban J connectivity index is 0.000000576. The van der Waals surface area contributed by atoms with Gasteiger partial charge < -0.3 is 9.47 Å². The summed E-state index contributed by atoms with van der Waals surface area (Å²) in [5.41, 5.74) is 1.05. The van der Waals surface area contributed by atoms with Crippen molar-refractivity contribution in [1.82, 2.24) is 0 Å². The highest BCUT2D eigenvalue weighted by atomic mass is 16.5. The van der Waals surface area contributed by atoms with E-state index < -0.39 is 0 Å². The number of carbonyl (C=O) groups excluding carboxylic acids is 2. The number of esters is 2. The van der Waals surface area contributed by atoms with Crippen molar-refractivity contribution in [2.24, 2.45) is 11.8 Å². The Morgan fingerprint density at radius 2 is 1.18 bits per heavy atom. The number of hydrogen-bond acceptors (Lipinski definition) is 4. The van der Waals surface area contributed by atoms with Gasteiger partial charge in [-0.05, 0) is 31.2 Å². The van der Waals surface area contributed by atoms with Gasteiger partial charge in [0.15, 0.2) is 0 Å². The molecule has 0 spiro atoms. The summed E-state index contributed by atoms with van der Waals surface area (Å²) in [6.07, 6.45) is 7.96. The maximum atomic E-state index is 11.9. The maximum Gasteiger partial charge on any atom is 0.309 e. The number of carbonyl (C=O) groups is 2. The Labute approximate surface area is 172 Å². The van der Waals surface area contributed by atoms with Crippen LogP contribution in [-0.4, -0.2) is 19.0 Å². The van der Waals surface area contributed by atoms with E-state index in [-0.39, 0.29) is 23.8 Å². The van der Waals surface area contributed by atoms with Gasteiger partial charge >= 0.3 is 11.9 Å². The molecule has 1 rings (SSSR count). The lowest BCUT2D eigenvalue weighted by Crippen LogP contribution is -2.17. The van der Waals surface area contributed by atoms with Crippen molar-refractivity contribution in [3.63, 3.8) is 0 Å². The van der Waals surface area contributed by atoms with Crippen LogP contribution < -0.4 is 0 Å². The minimum atomic E-state index is -0.0475. The van der Waals surface area contributed by atoms with E-state index in [0.29, 0.717) is 6.61 Å². The van der Waals surface area contributed by atoms with Crippen molar-refractivity contribution in [3.05, 3.63) is 35.9 Å². The van der Waals surface area contributed by atoms with Gasteiger partial charge in [-0.25, -0.2) is 0 Å². The minimum absolute atomic E-state index is 0.0439. The lowest BCUT2D eigenvalue weighted by molar-refractivity contribution is -0.150. The van der Waals surface area contributed by atoms with Gasteiger partial charge in [0.05, 0.1) is 18.9 Å². The van der Waals surface area contributed by atoms with E-state index in [1.54, 1.807) is 0 Å². The summed E-state index contributed by atoms with van der Waals surface area (Å²) < 4.78 is 10.0. The molecule has 1 aromatic carbocycles. The minimum Gasteiger partial charge on any atom is -0.469 e. The van der Waals surface area contributed by atoms with E-state index in [0.717, 1.165) is 56.9 Å². The predicted octanol–water partition coefficient (Wildman–Crippen LogP) is 6.32. The molecule has 0 fully saturated rings. The fourth-order valence-electron chi connectivity index (χ4n) is 3.17. The van der Waals surface area contributed by atoms with Crippen molar-refractivity contribution in [3.8, 4) is 0 Å². The smallest absolute Gasteiger partial charge is 0.309 e. The molecule has 4 heteroatoms. The average molecular weight is 393 g/mol. The quantitative estimate of drug-likeness (QED) is 0.390. The summed E-state index contributed by atoms with van der Waals surface area (Å²) in [6.45, 7) is 8.78. The third kappa shape index (κ3) is 11.8. The summed E-state index contributed by atoms with van der Waals surface area (Å²) in [6, 6.07) is 9.82. The first kappa shape index (κ1) is 26.2. The van der Waals surface area contributed by atoms with Crippen molar-refractivity contribution < 1.29 is 19.1 Å². The zero-order chi connectivity index (χ0) is 21.2. The maximum absolute atomic E-state index is 11.9. The Bertz CT molecular complexity index is 501. The Morgan fingerprint density at radius 1 is 0.750 bits per heavy atom. The van der Waals surface area contributed by atoms with Gasteiger partial charge in [-0.2, -0.15) is 0 Å². The lowest BCUT2D eigenvalue weighted by atomic mass is 9.99. The molecular formula is C24H40O4. The molecule has 4 nitrogen and oxygen atoms in total. The van der Waals surface area contributed by atoms with Crippen molar-refractivity contribution in [2.75, 3.05) is 7.11 Å². The Morgan fingerprint density at radius 3 is 1.57 bits per heavy atom. The molecule has 0 amide bonds. The lowest BCUT2D eigenvalue weighted by Gasteiger charge is -2.14. The van der Waals surface area contributed by atoms with Crippen molar-refractivity contribution >= 4 is 11.9 Å². The van der Waals surface area contributed by atoms with E-state index in [1.807, 2.05) is 30.3 Å². The molecule has 0 saturated heterocycles. The molecule has 28 heavy (non-hydrogen) atoms. The van der Waals surface area contributed by atoms with E-state index in [9.17, 15) is 9.59 Å². The van der Waals surface area contributed by atoms with Gasteiger partial charge in [-0.1, -0.05) is 83.7 Å². The third-order valence-electron chi connectivity index (χ3n) is 4.64. The molecule has 0 aliphatic rings. The van der Waals surface area contributed by atoms with Crippen LogP contribution in [-0.2, 0) is 25.7 Å². The number of ether oxygens (including phenoxy) is 2. The van der Waals surface area contributed by atoms with Crippen LogP contribution in [0.5, 0.6) is 0 Å². The van der Waals surface area contributed by atoms with Crippen LogP contribution >= 0.6 is 0 Å². The second-order valence-electron chi connectivity index (χ2n) is 7.17. The topological polar surface area (TPSA) is 52.6 Å². The normalized spacial score (nSPS) is 10.4. The van der Waals surface area contributed by atoms with Gasteiger partial charge in [0.25, 0.3) is 0 Å². The van der Waals surface area contributed by atoms with Gasteiger partial charge in [0.1, 0.15) is 6.61 Å². The monoisotopic (exact) mass is 392 g/mol. The molecular weight excluding hydrogens is 352 g/mol. The van der Waals surface area contributed by atoms with E-state index in [4.69, 9.17) is 4.74 Å². The molecule has 0 heterocycles. The first-order valence-corrected chi connectivity index (χ1v) is 10.8. The molecule has 0 N–H and O–H groups in total. The second kappa shape index (κ2) is 17.3. The molecule has 0 aromatic heterocycles. The average Bonchev–Trinajstić information content (AvgIpc) is 2.72. The van der Waals surface area contributed by atoms with Crippen LogP contribution in [0.25, 0.3) is 0 Å². The molecule has 0 aliphatic heterocycles. The predicted molar refractivity (Wildman–Crippen MR) is 115 cm³/mol. The van der Waals surface area contributed by atoms with Crippen LogP contribution in [0.2, 0.25) is 0 Å². The Hall–Kier alpha value is -1.84. The van der Waals surface area contributed by atoms with E-state index >= 15 is 0 Å². The van der Waals surface area contributed by atoms with Crippen LogP contribution in [0.15, 0.2) is 30.3 Å². The summed E-state index contributed by atoms with van der Waals surface area (Å²) in [5.74, 6) is 0.120. The van der Waals surface area contributed by atoms with Crippen LogP contribution in [0, 0.1) is 11.8 Å². The van der Waals surface area contributed by atoms with E-state index in [2.05, 4.69) is 32.4 Å². The highest BCUT2D eigenvalue weighted by Crippen LogP contribution is 2.16. The first-order chi connectivity index (χ1) is 13.5. The zero-order valence-electron chi connectivity index (χ0n) is 18.5. The highest BCUT2D eigenvalue weighted by Gasteiger charge is 2.18. The second-order valence-corrected chi connectivity index (χ2v) is 7.17. The van der Waals surface area contributed by atoms with Crippen molar-refractivity contribution in [2.45, 2.75) is 85.7 Å². The SMILES string of the molecule is CCCC(CCC)C(=O)OC.CCCC(CCC)C(=O)OCc1ccccc1. The number of hydrogen-bond donors (Lipinski definition) is 0. The fraction of sp³-hybridized carbons (Fsp3) is 0.667. The molecule has 0 unspecified atom stereocenters. The third-order valence-corrected chi connectivity index (χ3v) is 4.64. The zero-order valence-corrected chi connectivity index (χ0v) is 18.5. The van der Waals surface area contributed by atoms with Gasteiger partial charge in [0.2, 0.25) is 0 Å². The fourth-order valence-corrected chi connectivity index (χ4v) is 3.17. The number of rotatable bonds is 12. The number of methoxy groups -OCH3 is 1. The van der Waals surface area contributed by atoms with Crippen LogP contribution in [0.4, 0.5) is 0 Å². The highest BCUT2D eigenvalue weighted by molar-refractivity contribution is 5.72. The van der Waals surface area contributed by atoms with Gasteiger partial charge in [-0.15, -0.1) is 0 Å². The summed E-state index contributed by atoms with van der Waals surface area (Å²) in [7, 11) is 1.46. The molecule has 0 radical (unpaired) electrons. The summed E-state index contributed by atoms with van der Waals surface area (Å²) >= 11 is 0. The van der Waals surface area contributed by atoms with Crippen LogP contribution in [0.3, 0.4) is 0 Å². The molecule has 160 valence electrons.